The smallest absolute Gasteiger partial charge is 0.131 e. The second-order valence-electron chi connectivity index (χ2n) is 5.94. The Labute approximate surface area is 123 Å². The van der Waals surface area contributed by atoms with E-state index in [0.717, 1.165) is 13.1 Å². The van der Waals surface area contributed by atoms with Crippen molar-refractivity contribution in [1.29, 1.82) is 0 Å². The number of hydrogen-bond acceptors (Lipinski definition) is 3. The fourth-order valence-electron chi connectivity index (χ4n) is 3.14. The molecular formula is C16H30N4. The Morgan fingerprint density at radius 1 is 1.10 bits per heavy atom. The highest BCUT2D eigenvalue weighted by Gasteiger charge is 2.19. The number of anilines is 1. The molecule has 0 amide bonds. The van der Waals surface area contributed by atoms with Gasteiger partial charge in [-0.3, -0.25) is 4.68 Å². The molecule has 114 valence electrons. The lowest BCUT2D eigenvalue weighted by Crippen LogP contribution is -2.30. The van der Waals surface area contributed by atoms with Crippen molar-refractivity contribution < 1.29 is 0 Å². The Hall–Kier alpha value is -1.03. The Kier molecular flexibility index (Phi) is 5.89. The van der Waals surface area contributed by atoms with Crippen LogP contribution in [0.15, 0.2) is 0 Å². The first-order chi connectivity index (χ1) is 9.74. The average Bonchev–Trinajstić information content (AvgIpc) is 2.65. The van der Waals surface area contributed by atoms with Gasteiger partial charge in [-0.25, -0.2) is 0 Å². The SMILES string of the molecule is CCCNCc1c(C)nn(C)c1N1CCCCCCC1. The summed E-state index contributed by atoms with van der Waals surface area (Å²) in [4.78, 5) is 2.56. The molecule has 0 aliphatic carbocycles. The van der Waals surface area contributed by atoms with Crippen LogP contribution in [0.2, 0.25) is 0 Å². The molecule has 0 radical (unpaired) electrons. The second kappa shape index (κ2) is 7.67. The van der Waals surface area contributed by atoms with Gasteiger partial charge >= 0.3 is 0 Å². The van der Waals surface area contributed by atoms with E-state index >= 15 is 0 Å². The van der Waals surface area contributed by atoms with Gasteiger partial charge in [0.05, 0.1) is 5.69 Å². The molecule has 1 aromatic heterocycles. The van der Waals surface area contributed by atoms with Gasteiger partial charge in [0.25, 0.3) is 0 Å². The molecule has 2 rings (SSSR count). The minimum Gasteiger partial charge on any atom is -0.357 e. The van der Waals surface area contributed by atoms with Crippen LogP contribution >= 0.6 is 0 Å². The van der Waals surface area contributed by atoms with Crippen molar-refractivity contribution in [3.05, 3.63) is 11.3 Å². The van der Waals surface area contributed by atoms with Crippen molar-refractivity contribution in [3.63, 3.8) is 0 Å². The molecule has 2 heterocycles. The van der Waals surface area contributed by atoms with E-state index < -0.39 is 0 Å². The lowest BCUT2D eigenvalue weighted by Gasteiger charge is -2.28. The van der Waals surface area contributed by atoms with Crippen molar-refractivity contribution in [1.82, 2.24) is 15.1 Å². The van der Waals surface area contributed by atoms with Gasteiger partial charge in [0.1, 0.15) is 5.82 Å². The Bertz CT molecular complexity index is 403. The highest BCUT2D eigenvalue weighted by atomic mass is 15.4. The maximum absolute atomic E-state index is 4.65. The fraction of sp³-hybridized carbons (Fsp3) is 0.812. The largest absolute Gasteiger partial charge is 0.357 e. The third-order valence-corrected chi connectivity index (χ3v) is 4.20. The fourth-order valence-corrected chi connectivity index (χ4v) is 3.14. The zero-order valence-electron chi connectivity index (χ0n) is 13.4. The van der Waals surface area contributed by atoms with E-state index in [-0.39, 0.29) is 0 Å². The molecule has 0 saturated carbocycles. The summed E-state index contributed by atoms with van der Waals surface area (Å²) >= 11 is 0. The van der Waals surface area contributed by atoms with Crippen molar-refractivity contribution in [3.8, 4) is 0 Å². The predicted molar refractivity (Wildman–Crippen MR) is 85.2 cm³/mol. The number of nitrogens with one attached hydrogen (secondary N) is 1. The van der Waals surface area contributed by atoms with Gasteiger partial charge in [-0.15, -0.1) is 0 Å². The van der Waals surface area contributed by atoms with E-state index in [2.05, 4.69) is 40.9 Å². The third kappa shape index (κ3) is 3.75. The lowest BCUT2D eigenvalue weighted by atomic mass is 10.1. The zero-order valence-corrected chi connectivity index (χ0v) is 13.4. The third-order valence-electron chi connectivity index (χ3n) is 4.20. The van der Waals surface area contributed by atoms with Crippen molar-refractivity contribution in [2.45, 2.75) is 58.9 Å². The summed E-state index contributed by atoms with van der Waals surface area (Å²) in [7, 11) is 2.09. The Morgan fingerprint density at radius 2 is 1.75 bits per heavy atom. The Balaban J connectivity index is 2.14. The summed E-state index contributed by atoms with van der Waals surface area (Å²) in [5, 5.41) is 8.19. The van der Waals surface area contributed by atoms with Crippen LogP contribution in [0.1, 0.15) is 56.7 Å². The monoisotopic (exact) mass is 278 g/mol. The highest BCUT2D eigenvalue weighted by Crippen LogP contribution is 2.25. The first kappa shape index (κ1) is 15.4. The summed E-state index contributed by atoms with van der Waals surface area (Å²) < 4.78 is 2.08. The number of hydrogen-bond donors (Lipinski definition) is 1. The van der Waals surface area contributed by atoms with Gasteiger partial charge in [-0.1, -0.05) is 26.2 Å². The van der Waals surface area contributed by atoms with E-state index in [9.17, 15) is 0 Å². The van der Waals surface area contributed by atoms with Gasteiger partial charge in [-0.2, -0.15) is 5.10 Å². The first-order valence-electron chi connectivity index (χ1n) is 8.22. The molecule has 1 saturated heterocycles. The van der Waals surface area contributed by atoms with Crippen molar-refractivity contribution >= 4 is 5.82 Å². The molecule has 1 aliphatic rings. The summed E-state index contributed by atoms with van der Waals surface area (Å²) in [6.45, 7) is 8.73. The first-order valence-corrected chi connectivity index (χ1v) is 8.22. The molecule has 1 aromatic rings. The molecular weight excluding hydrogens is 248 g/mol. The second-order valence-corrected chi connectivity index (χ2v) is 5.94. The molecule has 0 unspecified atom stereocenters. The summed E-state index contributed by atoms with van der Waals surface area (Å²) in [6.07, 6.45) is 7.95. The number of rotatable bonds is 5. The van der Waals surface area contributed by atoms with Gasteiger partial charge in [-0.05, 0) is 32.7 Å². The minimum atomic E-state index is 0.944. The predicted octanol–water partition coefficient (Wildman–Crippen LogP) is 3.00. The Morgan fingerprint density at radius 3 is 2.40 bits per heavy atom. The molecule has 1 fully saturated rings. The van der Waals surface area contributed by atoms with E-state index in [1.165, 1.54) is 68.7 Å². The van der Waals surface area contributed by atoms with Crippen LogP contribution in [0.3, 0.4) is 0 Å². The van der Waals surface area contributed by atoms with E-state index in [0.29, 0.717) is 0 Å². The molecule has 1 aliphatic heterocycles. The van der Waals surface area contributed by atoms with Crippen LogP contribution in [-0.2, 0) is 13.6 Å². The maximum atomic E-state index is 4.65. The molecule has 0 spiro atoms. The summed E-state index contributed by atoms with van der Waals surface area (Å²) in [6, 6.07) is 0. The standard InChI is InChI=1S/C16H30N4/c1-4-10-17-13-15-14(2)18-19(3)16(15)20-11-8-6-5-7-9-12-20/h17H,4-13H2,1-3H3. The summed E-state index contributed by atoms with van der Waals surface area (Å²) in [5.74, 6) is 1.34. The molecule has 1 N–H and O–H groups in total. The van der Waals surface area contributed by atoms with Gasteiger partial charge in [0, 0.05) is 32.2 Å². The average molecular weight is 278 g/mol. The van der Waals surface area contributed by atoms with E-state index in [4.69, 9.17) is 0 Å². The topological polar surface area (TPSA) is 33.1 Å². The molecule has 20 heavy (non-hydrogen) atoms. The van der Waals surface area contributed by atoms with Crippen LogP contribution in [-0.4, -0.2) is 29.4 Å². The van der Waals surface area contributed by atoms with E-state index in [1.54, 1.807) is 0 Å². The van der Waals surface area contributed by atoms with Crippen LogP contribution in [0, 0.1) is 6.92 Å². The minimum absolute atomic E-state index is 0.944. The van der Waals surface area contributed by atoms with Crippen LogP contribution in [0.5, 0.6) is 0 Å². The van der Waals surface area contributed by atoms with Gasteiger partial charge < -0.3 is 10.2 Å². The van der Waals surface area contributed by atoms with Crippen LogP contribution in [0.25, 0.3) is 0 Å². The number of aromatic nitrogens is 2. The van der Waals surface area contributed by atoms with Crippen LogP contribution < -0.4 is 10.2 Å². The van der Waals surface area contributed by atoms with E-state index in [1.807, 2.05) is 0 Å². The summed E-state index contributed by atoms with van der Waals surface area (Å²) in [5.41, 5.74) is 2.56. The molecule has 4 heteroatoms. The van der Waals surface area contributed by atoms with Gasteiger partial charge in [0.2, 0.25) is 0 Å². The number of aryl methyl sites for hydroxylation is 2. The van der Waals surface area contributed by atoms with Crippen LogP contribution in [0.4, 0.5) is 5.82 Å². The molecule has 4 nitrogen and oxygen atoms in total. The molecule has 0 atom stereocenters. The molecule has 0 bridgehead atoms. The number of nitrogens with zero attached hydrogens (tertiary/aromatic N) is 3. The molecule has 0 aromatic carbocycles. The zero-order chi connectivity index (χ0) is 14.4. The maximum Gasteiger partial charge on any atom is 0.131 e. The van der Waals surface area contributed by atoms with Gasteiger partial charge in [0.15, 0.2) is 0 Å². The normalized spacial score (nSPS) is 17.1. The highest BCUT2D eigenvalue weighted by molar-refractivity contribution is 5.50. The lowest BCUT2D eigenvalue weighted by molar-refractivity contribution is 0.544. The quantitative estimate of drug-likeness (QED) is 0.841. The van der Waals surface area contributed by atoms with Crippen molar-refractivity contribution in [2.75, 3.05) is 24.5 Å². The van der Waals surface area contributed by atoms with Crippen molar-refractivity contribution in [2.24, 2.45) is 7.05 Å².